The first-order valence-electron chi connectivity index (χ1n) is 6.99. The fraction of sp³-hybridized carbons (Fsp3) is 0.500. The Bertz CT molecular complexity index is 551. The monoisotopic (exact) mass is 292 g/mol. The first kappa shape index (κ1) is 15.2. The lowest BCUT2D eigenvalue weighted by Crippen LogP contribution is -2.40. The summed E-state index contributed by atoms with van der Waals surface area (Å²) in [7, 11) is 0. The van der Waals surface area contributed by atoms with E-state index in [9.17, 15) is 14.9 Å². The maximum absolute atomic E-state index is 11.3. The zero-order chi connectivity index (χ0) is 15.6. The van der Waals surface area contributed by atoms with Crippen LogP contribution in [0.3, 0.4) is 0 Å². The van der Waals surface area contributed by atoms with Crippen molar-refractivity contribution in [3.63, 3.8) is 0 Å². The molecule has 1 saturated heterocycles. The van der Waals surface area contributed by atoms with Crippen LogP contribution in [0.4, 0.5) is 11.4 Å². The summed E-state index contributed by atoms with van der Waals surface area (Å²) in [5.74, 6) is -0.156. The number of rotatable bonds is 4. The van der Waals surface area contributed by atoms with E-state index >= 15 is 0 Å². The number of carbonyl (C=O) groups excluding carboxylic acids is 1. The maximum atomic E-state index is 11.3. The van der Waals surface area contributed by atoms with Gasteiger partial charge in [-0.15, -0.1) is 0 Å². The van der Waals surface area contributed by atoms with Crippen molar-refractivity contribution in [2.75, 3.05) is 18.0 Å². The van der Waals surface area contributed by atoms with Gasteiger partial charge in [-0.3, -0.25) is 14.9 Å². The van der Waals surface area contributed by atoms with E-state index in [0.717, 1.165) is 12.8 Å². The van der Waals surface area contributed by atoms with Crippen LogP contribution in [0.2, 0.25) is 0 Å². The van der Waals surface area contributed by atoms with Crippen LogP contribution in [0.5, 0.6) is 0 Å². The molecule has 0 saturated carbocycles. The zero-order valence-electron chi connectivity index (χ0n) is 12.0. The van der Waals surface area contributed by atoms with Gasteiger partial charge in [0.2, 0.25) is 5.91 Å². The Morgan fingerprint density at radius 2 is 2.05 bits per heavy atom. The van der Waals surface area contributed by atoms with Crippen LogP contribution in [0.15, 0.2) is 18.2 Å². The summed E-state index contributed by atoms with van der Waals surface area (Å²) < 4.78 is 0. The number of primary amides is 1. The van der Waals surface area contributed by atoms with Gasteiger partial charge in [0.05, 0.1) is 4.92 Å². The van der Waals surface area contributed by atoms with E-state index in [1.54, 1.807) is 0 Å². The second-order valence-corrected chi connectivity index (χ2v) is 5.51. The highest BCUT2D eigenvalue weighted by atomic mass is 16.6. The molecular weight excluding hydrogens is 272 g/mol. The van der Waals surface area contributed by atoms with E-state index in [4.69, 9.17) is 11.5 Å². The molecule has 1 amide bonds. The van der Waals surface area contributed by atoms with Gasteiger partial charge in [-0.1, -0.05) is 0 Å². The first-order valence-corrected chi connectivity index (χ1v) is 6.99. The minimum Gasteiger partial charge on any atom is -0.366 e. The van der Waals surface area contributed by atoms with Crippen LogP contribution in [-0.4, -0.2) is 30.0 Å². The Hall–Kier alpha value is -2.15. The Morgan fingerprint density at radius 1 is 1.43 bits per heavy atom. The first-order chi connectivity index (χ1) is 9.90. The topological polar surface area (TPSA) is 115 Å². The van der Waals surface area contributed by atoms with Crippen molar-refractivity contribution < 1.29 is 9.72 Å². The van der Waals surface area contributed by atoms with Gasteiger partial charge in [0, 0.05) is 30.8 Å². The van der Waals surface area contributed by atoms with E-state index in [1.807, 2.05) is 11.8 Å². The molecule has 0 radical (unpaired) electrons. The molecule has 1 fully saturated rings. The fourth-order valence-corrected chi connectivity index (χ4v) is 2.75. The molecule has 1 unspecified atom stereocenters. The van der Waals surface area contributed by atoms with Crippen molar-refractivity contribution in [2.24, 2.45) is 17.4 Å². The van der Waals surface area contributed by atoms with E-state index in [1.165, 1.54) is 18.2 Å². The molecule has 21 heavy (non-hydrogen) atoms. The number of nitro benzene ring substituents is 1. The molecule has 1 aliphatic heterocycles. The highest BCUT2D eigenvalue weighted by Gasteiger charge is 2.26. The number of carbonyl (C=O) groups is 1. The summed E-state index contributed by atoms with van der Waals surface area (Å²) >= 11 is 0. The van der Waals surface area contributed by atoms with Crippen molar-refractivity contribution in [3.8, 4) is 0 Å². The fourth-order valence-electron chi connectivity index (χ4n) is 2.75. The molecule has 1 aliphatic rings. The third-order valence-electron chi connectivity index (χ3n) is 4.08. The molecule has 1 aromatic carbocycles. The Kier molecular flexibility index (Phi) is 4.42. The van der Waals surface area contributed by atoms with Gasteiger partial charge in [0.1, 0.15) is 5.69 Å². The standard InChI is InChI=1S/C14H20N4O3/c1-9(15)10-4-6-17(7-5-10)13-8-11(14(16)19)2-3-12(13)18(20)21/h2-3,8-10H,4-7,15H2,1H3,(H2,16,19). The van der Waals surface area contributed by atoms with Gasteiger partial charge in [0.25, 0.3) is 5.69 Å². The quantitative estimate of drug-likeness (QED) is 0.640. The minimum atomic E-state index is -0.586. The van der Waals surface area contributed by atoms with E-state index in [2.05, 4.69) is 0 Å². The van der Waals surface area contributed by atoms with Gasteiger partial charge >= 0.3 is 0 Å². The molecule has 0 aromatic heterocycles. The second-order valence-electron chi connectivity index (χ2n) is 5.51. The zero-order valence-corrected chi connectivity index (χ0v) is 12.0. The number of benzene rings is 1. The predicted octanol–water partition coefficient (Wildman–Crippen LogP) is 1.26. The summed E-state index contributed by atoms with van der Waals surface area (Å²) in [5, 5.41) is 11.2. The molecule has 0 aliphatic carbocycles. The van der Waals surface area contributed by atoms with Crippen LogP contribution < -0.4 is 16.4 Å². The number of hydrogen-bond donors (Lipinski definition) is 2. The number of anilines is 1. The van der Waals surface area contributed by atoms with Crippen molar-refractivity contribution in [2.45, 2.75) is 25.8 Å². The van der Waals surface area contributed by atoms with E-state index in [-0.39, 0.29) is 17.3 Å². The van der Waals surface area contributed by atoms with Crippen LogP contribution in [0.25, 0.3) is 0 Å². The van der Waals surface area contributed by atoms with Gasteiger partial charge in [-0.05, 0) is 37.8 Å². The highest BCUT2D eigenvalue weighted by molar-refractivity contribution is 5.94. The molecule has 4 N–H and O–H groups in total. The molecule has 0 spiro atoms. The molecule has 0 bridgehead atoms. The molecule has 1 heterocycles. The number of nitro groups is 1. The number of amides is 1. The van der Waals surface area contributed by atoms with Gasteiger partial charge in [0.15, 0.2) is 0 Å². The summed E-state index contributed by atoms with van der Waals surface area (Å²) in [4.78, 5) is 23.9. The van der Waals surface area contributed by atoms with Crippen molar-refractivity contribution >= 4 is 17.3 Å². The summed E-state index contributed by atoms with van der Waals surface area (Å²) in [6.07, 6.45) is 1.77. The molecule has 1 atom stereocenters. The minimum absolute atomic E-state index is 0.000697. The summed E-state index contributed by atoms with van der Waals surface area (Å²) in [6.45, 7) is 3.36. The molecule has 7 heteroatoms. The average molecular weight is 292 g/mol. The number of piperidine rings is 1. The number of nitrogens with zero attached hydrogens (tertiary/aromatic N) is 2. The molecule has 2 rings (SSSR count). The van der Waals surface area contributed by atoms with Gasteiger partial charge in [-0.25, -0.2) is 0 Å². The second kappa shape index (κ2) is 6.09. The van der Waals surface area contributed by atoms with Gasteiger partial charge < -0.3 is 16.4 Å². The third-order valence-corrected chi connectivity index (χ3v) is 4.08. The lowest BCUT2D eigenvalue weighted by Gasteiger charge is -2.34. The van der Waals surface area contributed by atoms with Crippen LogP contribution in [0.1, 0.15) is 30.1 Å². The molecule has 7 nitrogen and oxygen atoms in total. The number of hydrogen-bond acceptors (Lipinski definition) is 5. The highest BCUT2D eigenvalue weighted by Crippen LogP contribution is 2.32. The summed E-state index contributed by atoms with van der Waals surface area (Å²) in [6, 6.07) is 4.36. The Labute approximate surface area is 123 Å². The van der Waals surface area contributed by atoms with Gasteiger partial charge in [-0.2, -0.15) is 0 Å². The van der Waals surface area contributed by atoms with Crippen LogP contribution in [0, 0.1) is 16.0 Å². The van der Waals surface area contributed by atoms with E-state index in [0.29, 0.717) is 24.7 Å². The predicted molar refractivity (Wildman–Crippen MR) is 80.2 cm³/mol. The SMILES string of the molecule is CC(N)C1CCN(c2cc(C(N)=O)ccc2[N+](=O)[O-])CC1. The molecular formula is C14H20N4O3. The lowest BCUT2D eigenvalue weighted by molar-refractivity contribution is -0.384. The smallest absolute Gasteiger partial charge is 0.292 e. The van der Waals surface area contributed by atoms with Crippen LogP contribution >= 0.6 is 0 Å². The van der Waals surface area contributed by atoms with Crippen LogP contribution in [-0.2, 0) is 0 Å². The van der Waals surface area contributed by atoms with Crippen molar-refractivity contribution in [1.82, 2.24) is 0 Å². The Morgan fingerprint density at radius 3 is 2.52 bits per heavy atom. The third kappa shape index (κ3) is 3.30. The largest absolute Gasteiger partial charge is 0.366 e. The number of nitrogens with two attached hydrogens (primary N) is 2. The lowest BCUT2D eigenvalue weighted by atomic mass is 9.90. The maximum Gasteiger partial charge on any atom is 0.292 e. The Balaban J connectivity index is 2.27. The molecule has 114 valence electrons. The average Bonchev–Trinajstić information content (AvgIpc) is 2.46. The summed E-state index contributed by atoms with van der Waals surface area (Å²) in [5.41, 5.74) is 11.9. The normalized spacial score (nSPS) is 17.5. The molecule has 1 aromatic rings. The van der Waals surface area contributed by atoms with E-state index < -0.39 is 10.8 Å². The van der Waals surface area contributed by atoms with Crippen molar-refractivity contribution in [3.05, 3.63) is 33.9 Å². The van der Waals surface area contributed by atoms with Crippen molar-refractivity contribution in [1.29, 1.82) is 0 Å².